The number of carbonyl (C=O) groups is 3. The van der Waals surface area contributed by atoms with Crippen LogP contribution in [0.15, 0.2) is 47.6 Å². The Balaban J connectivity index is 1.72. The minimum absolute atomic E-state index is 0.0603. The lowest BCUT2D eigenvalue weighted by atomic mass is 10.2. The second-order valence-corrected chi connectivity index (χ2v) is 7.07. The van der Waals surface area contributed by atoms with E-state index in [1.807, 2.05) is 0 Å². The van der Waals surface area contributed by atoms with Crippen LogP contribution in [0, 0.1) is 0 Å². The molecule has 0 saturated heterocycles. The van der Waals surface area contributed by atoms with E-state index in [9.17, 15) is 19.5 Å². The summed E-state index contributed by atoms with van der Waals surface area (Å²) in [6.07, 6.45) is 0. The summed E-state index contributed by atoms with van der Waals surface area (Å²) in [5.74, 6) is -2.21. The number of para-hydroxylation sites is 1. The molecule has 0 unspecified atom stereocenters. The average Bonchev–Trinajstić information content (AvgIpc) is 3.21. The van der Waals surface area contributed by atoms with Gasteiger partial charge in [-0.3, -0.25) is 4.79 Å². The van der Waals surface area contributed by atoms with Gasteiger partial charge in [0.25, 0.3) is 0 Å². The fourth-order valence-corrected chi connectivity index (χ4v) is 3.33. The van der Waals surface area contributed by atoms with Gasteiger partial charge in [0.15, 0.2) is 0 Å². The molecule has 0 aliphatic heterocycles. The highest BCUT2D eigenvalue weighted by molar-refractivity contribution is 7.99. The molecule has 30 heavy (non-hydrogen) atoms. The van der Waals surface area contributed by atoms with Gasteiger partial charge in [-0.1, -0.05) is 35.5 Å². The van der Waals surface area contributed by atoms with Gasteiger partial charge in [0.05, 0.1) is 40.4 Å². The zero-order valence-corrected chi connectivity index (χ0v) is 17.0. The number of carbonyl (C=O) groups excluding carboxylic acids is 2. The van der Waals surface area contributed by atoms with E-state index < -0.39 is 17.8 Å². The van der Waals surface area contributed by atoms with Gasteiger partial charge in [-0.05, 0) is 40.8 Å². The molecule has 12 heteroatoms. The van der Waals surface area contributed by atoms with Crippen LogP contribution in [0.2, 0.25) is 5.02 Å². The number of esters is 1. The number of carboxylic acid groups (broad SMARTS) is 1. The summed E-state index contributed by atoms with van der Waals surface area (Å²) >= 11 is 6.92. The topological polar surface area (TPSA) is 136 Å². The van der Waals surface area contributed by atoms with Gasteiger partial charge in [0, 0.05) is 0 Å². The number of nitrogens with one attached hydrogen (secondary N) is 1. The largest absolute Gasteiger partial charge is 0.478 e. The fraction of sp³-hybridized carbons (Fsp3) is 0.111. The summed E-state index contributed by atoms with van der Waals surface area (Å²) in [6.45, 7) is 0. The first kappa shape index (κ1) is 21.3. The summed E-state index contributed by atoms with van der Waals surface area (Å²) in [5.41, 5.74) is 0.822. The van der Waals surface area contributed by atoms with Crippen LogP contribution in [-0.2, 0) is 9.53 Å². The number of carboxylic acids is 1. The van der Waals surface area contributed by atoms with Crippen LogP contribution < -0.4 is 5.32 Å². The van der Waals surface area contributed by atoms with Crippen molar-refractivity contribution in [3.63, 3.8) is 0 Å². The Morgan fingerprint density at radius 3 is 2.70 bits per heavy atom. The molecule has 0 saturated carbocycles. The second-order valence-electron chi connectivity index (χ2n) is 5.72. The number of ether oxygens (including phenoxy) is 1. The molecule has 1 aromatic heterocycles. The number of aromatic carboxylic acids is 1. The molecular weight excluding hydrogens is 434 g/mol. The van der Waals surface area contributed by atoms with Crippen molar-refractivity contribution in [3.05, 3.63) is 58.6 Å². The van der Waals surface area contributed by atoms with Crippen molar-refractivity contribution in [2.75, 3.05) is 18.2 Å². The quantitative estimate of drug-likeness (QED) is 0.413. The van der Waals surface area contributed by atoms with Crippen LogP contribution in [0.4, 0.5) is 5.69 Å². The van der Waals surface area contributed by atoms with Crippen molar-refractivity contribution < 1.29 is 24.2 Å². The summed E-state index contributed by atoms with van der Waals surface area (Å²) in [7, 11) is 1.25. The Hall–Kier alpha value is -3.44. The van der Waals surface area contributed by atoms with Crippen LogP contribution in [0.3, 0.4) is 0 Å². The molecule has 0 bridgehead atoms. The molecule has 0 radical (unpaired) electrons. The molecule has 3 aromatic rings. The molecule has 0 aliphatic rings. The van der Waals surface area contributed by atoms with E-state index in [4.69, 9.17) is 16.3 Å². The highest BCUT2D eigenvalue weighted by Gasteiger charge is 2.17. The maximum atomic E-state index is 12.3. The number of thioether (sulfide) groups is 1. The zero-order valence-electron chi connectivity index (χ0n) is 15.4. The van der Waals surface area contributed by atoms with Gasteiger partial charge in [-0.15, -0.1) is 5.10 Å². The summed E-state index contributed by atoms with van der Waals surface area (Å²) < 4.78 is 6.00. The molecular formula is C18H14ClN5O5S. The van der Waals surface area contributed by atoms with Crippen LogP contribution in [0.5, 0.6) is 0 Å². The molecule has 2 N–H and O–H groups in total. The van der Waals surface area contributed by atoms with Crippen molar-refractivity contribution in [2.45, 2.75) is 5.16 Å². The summed E-state index contributed by atoms with van der Waals surface area (Å²) in [5, 5.41) is 23.5. The molecule has 10 nitrogen and oxygen atoms in total. The molecule has 1 amide bonds. The third-order valence-corrected chi connectivity index (χ3v) is 5.05. The standard InChI is InChI=1S/C18H14ClN5O5S/c1-29-17(28)11-4-2-3-5-14(11)20-15(25)9-30-18-21-22-23-24(18)10-6-7-13(19)12(8-10)16(26)27/h2-8H,9H2,1H3,(H,20,25)(H,26,27). The van der Waals surface area contributed by atoms with E-state index in [1.165, 1.54) is 30.0 Å². The molecule has 2 aromatic carbocycles. The van der Waals surface area contributed by atoms with Gasteiger partial charge in [-0.2, -0.15) is 4.68 Å². The van der Waals surface area contributed by atoms with E-state index in [0.717, 1.165) is 11.8 Å². The average molecular weight is 448 g/mol. The normalized spacial score (nSPS) is 10.5. The number of aromatic nitrogens is 4. The van der Waals surface area contributed by atoms with Crippen LogP contribution in [-0.4, -0.2) is 56.0 Å². The highest BCUT2D eigenvalue weighted by atomic mass is 35.5. The maximum absolute atomic E-state index is 12.3. The summed E-state index contributed by atoms with van der Waals surface area (Å²) in [4.78, 5) is 35.4. The molecule has 3 rings (SSSR count). The minimum Gasteiger partial charge on any atom is -0.478 e. The first-order chi connectivity index (χ1) is 14.4. The first-order valence-electron chi connectivity index (χ1n) is 8.32. The van der Waals surface area contributed by atoms with Gasteiger partial charge >= 0.3 is 11.9 Å². The Morgan fingerprint density at radius 1 is 1.20 bits per heavy atom. The van der Waals surface area contributed by atoms with Crippen LogP contribution >= 0.6 is 23.4 Å². The van der Waals surface area contributed by atoms with Gasteiger partial charge in [0.1, 0.15) is 0 Å². The number of benzene rings is 2. The van der Waals surface area contributed by atoms with Crippen molar-refractivity contribution in [3.8, 4) is 5.69 Å². The molecule has 1 heterocycles. The molecule has 0 aliphatic carbocycles. The Kier molecular flexibility index (Phi) is 6.65. The third kappa shape index (κ3) is 4.75. The Morgan fingerprint density at radius 2 is 1.97 bits per heavy atom. The number of halogens is 1. The van der Waals surface area contributed by atoms with Gasteiger partial charge < -0.3 is 15.2 Å². The molecule has 154 valence electrons. The fourth-order valence-electron chi connectivity index (χ4n) is 2.44. The first-order valence-corrected chi connectivity index (χ1v) is 9.68. The van der Waals surface area contributed by atoms with Crippen molar-refractivity contribution in [1.82, 2.24) is 20.2 Å². The molecule has 0 fully saturated rings. The SMILES string of the molecule is COC(=O)c1ccccc1NC(=O)CSc1nnnn1-c1ccc(Cl)c(C(=O)O)c1. The number of hydrogen-bond acceptors (Lipinski definition) is 8. The van der Waals surface area contributed by atoms with Crippen LogP contribution in [0.1, 0.15) is 20.7 Å². The monoisotopic (exact) mass is 447 g/mol. The van der Waals surface area contributed by atoms with E-state index in [0.29, 0.717) is 11.4 Å². The number of nitrogens with zero attached hydrogens (tertiary/aromatic N) is 4. The highest BCUT2D eigenvalue weighted by Crippen LogP contribution is 2.23. The van der Waals surface area contributed by atoms with Gasteiger partial charge in [0.2, 0.25) is 11.1 Å². The molecule has 0 atom stereocenters. The smallest absolute Gasteiger partial charge is 0.339 e. The predicted molar refractivity (Wildman–Crippen MR) is 108 cm³/mol. The lowest BCUT2D eigenvalue weighted by Crippen LogP contribution is -2.17. The summed E-state index contributed by atoms with van der Waals surface area (Å²) in [6, 6.07) is 10.8. The van der Waals surface area contributed by atoms with Crippen molar-refractivity contribution in [1.29, 1.82) is 0 Å². The zero-order chi connectivity index (χ0) is 21.7. The lowest BCUT2D eigenvalue weighted by Gasteiger charge is -2.09. The third-order valence-electron chi connectivity index (χ3n) is 3.80. The number of amides is 1. The number of rotatable bonds is 7. The molecule has 0 spiro atoms. The predicted octanol–water partition coefficient (Wildman–Crippen LogP) is 2.53. The number of hydrogen-bond donors (Lipinski definition) is 2. The maximum Gasteiger partial charge on any atom is 0.339 e. The van der Waals surface area contributed by atoms with E-state index in [2.05, 4.69) is 20.8 Å². The van der Waals surface area contributed by atoms with Crippen LogP contribution in [0.25, 0.3) is 5.69 Å². The van der Waals surface area contributed by atoms with Gasteiger partial charge in [-0.25, -0.2) is 9.59 Å². The van der Waals surface area contributed by atoms with E-state index >= 15 is 0 Å². The second kappa shape index (κ2) is 9.37. The van der Waals surface area contributed by atoms with Crippen molar-refractivity contribution >= 4 is 46.9 Å². The number of tetrazole rings is 1. The number of anilines is 1. The minimum atomic E-state index is -1.19. The Labute approximate surface area is 179 Å². The van der Waals surface area contributed by atoms with E-state index in [1.54, 1.807) is 24.3 Å². The van der Waals surface area contributed by atoms with E-state index in [-0.39, 0.29) is 27.1 Å². The number of methoxy groups -OCH3 is 1. The lowest BCUT2D eigenvalue weighted by molar-refractivity contribution is -0.113. The van der Waals surface area contributed by atoms with Crippen molar-refractivity contribution in [2.24, 2.45) is 0 Å². The Bertz CT molecular complexity index is 1120.